The topological polar surface area (TPSA) is 229 Å². The number of aliphatic hydroxyl groups excluding tert-OH is 1. The van der Waals surface area contributed by atoms with Crippen LogP contribution in [0.25, 0.3) is 0 Å². The minimum absolute atomic E-state index is 0.0652. The van der Waals surface area contributed by atoms with Crippen molar-refractivity contribution < 1.29 is 43.8 Å². The molecule has 7 N–H and O–H groups in total. The van der Waals surface area contributed by atoms with Crippen molar-refractivity contribution in [3.05, 3.63) is 71.8 Å². The molecule has 62 heavy (non-hydrogen) atoms. The molecule has 0 aromatic heterocycles. The maximum atomic E-state index is 14.4. The molecule has 15 nitrogen and oxygen atoms in total. The summed E-state index contributed by atoms with van der Waals surface area (Å²) in [5.74, 6) is -6.77. The third-order valence-corrected chi connectivity index (χ3v) is 11.7. The van der Waals surface area contributed by atoms with Gasteiger partial charge in [-0.3, -0.25) is 33.6 Å². The summed E-state index contributed by atoms with van der Waals surface area (Å²) in [6, 6.07) is 13.6. The van der Waals surface area contributed by atoms with E-state index in [1.807, 2.05) is 81.4 Å². The first kappa shape index (κ1) is 51.0. The summed E-state index contributed by atoms with van der Waals surface area (Å²) in [7, 11) is 1.57. The fourth-order valence-corrected chi connectivity index (χ4v) is 8.18. The number of carboxylic acid groups (broad SMARTS) is 1. The van der Waals surface area contributed by atoms with Crippen molar-refractivity contribution in [1.82, 2.24) is 25.8 Å². The van der Waals surface area contributed by atoms with Crippen LogP contribution in [0.3, 0.4) is 0 Å². The van der Waals surface area contributed by atoms with Crippen LogP contribution in [0.4, 0.5) is 0 Å². The van der Waals surface area contributed by atoms with E-state index in [4.69, 9.17) is 5.73 Å². The van der Waals surface area contributed by atoms with Gasteiger partial charge in [0.25, 0.3) is 0 Å². The predicted octanol–water partition coefficient (Wildman–Crippen LogP) is 3.81. The minimum Gasteiger partial charge on any atom is -0.481 e. The molecule has 2 aromatic carbocycles. The van der Waals surface area contributed by atoms with Crippen molar-refractivity contribution in [2.45, 2.75) is 131 Å². The third-order valence-electron chi connectivity index (χ3n) is 11.7. The number of benzene rings is 2. The number of carboxylic acids is 1. The van der Waals surface area contributed by atoms with Gasteiger partial charge in [0, 0.05) is 19.5 Å². The maximum absolute atomic E-state index is 14.4. The van der Waals surface area contributed by atoms with Gasteiger partial charge in [0.2, 0.25) is 35.4 Å². The summed E-state index contributed by atoms with van der Waals surface area (Å²) in [6.45, 7) is 13.9. The monoisotopic (exact) mass is 863 g/mol. The van der Waals surface area contributed by atoms with Crippen molar-refractivity contribution in [1.29, 1.82) is 0 Å². The normalized spacial score (nSPS) is 15.8. The molecule has 15 heteroatoms. The summed E-state index contributed by atoms with van der Waals surface area (Å²) in [5.41, 5.74) is 4.54. The van der Waals surface area contributed by atoms with Crippen molar-refractivity contribution in [3.63, 3.8) is 0 Å². The Balaban J connectivity index is 1.93. The SMILES string of the molecule is CC(C)C(C(=O)NC(C(=O)NC(CC(N)=O)C(=O)NC(C(=O)N(CO)CCC(C)(C)C)C1(C(=O)O)CCCC1)C(C)(C)C)N(C)C(=O)C(Cc1ccccc1)Cc1ccccc1. The quantitative estimate of drug-likeness (QED) is 0.100. The Hall–Kier alpha value is -5.31. The van der Waals surface area contributed by atoms with Gasteiger partial charge in [0.15, 0.2) is 0 Å². The highest BCUT2D eigenvalue weighted by molar-refractivity contribution is 5.99. The van der Waals surface area contributed by atoms with Gasteiger partial charge in [-0.2, -0.15) is 0 Å². The number of hydrogen-bond acceptors (Lipinski definition) is 8. The zero-order chi connectivity index (χ0) is 46.6. The number of amides is 6. The number of primary amides is 1. The van der Waals surface area contributed by atoms with Crippen molar-refractivity contribution in [3.8, 4) is 0 Å². The molecule has 4 atom stereocenters. The van der Waals surface area contributed by atoms with E-state index < -0.39 is 95.5 Å². The van der Waals surface area contributed by atoms with Crippen molar-refractivity contribution in [2.24, 2.45) is 33.8 Å². The molecule has 2 aromatic rings. The fourth-order valence-electron chi connectivity index (χ4n) is 8.18. The molecule has 0 aliphatic heterocycles. The van der Waals surface area contributed by atoms with Gasteiger partial charge < -0.3 is 41.7 Å². The van der Waals surface area contributed by atoms with Crippen LogP contribution >= 0.6 is 0 Å². The second-order valence-corrected chi connectivity index (χ2v) is 19.4. The number of aliphatic hydroxyl groups is 1. The van der Waals surface area contributed by atoms with Gasteiger partial charge in [-0.05, 0) is 60.0 Å². The number of rotatable bonds is 21. The molecule has 1 aliphatic carbocycles. The number of likely N-dealkylation sites (N-methyl/N-ethyl adjacent to an activating group) is 1. The number of nitrogens with zero attached hydrogens (tertiary/aromatic N) is 2. The molecule has 0 heterocycles. The minimum atomic E-state index is -1.72. The number of carbonyl (C=O) groups is 7. The van der Waals surface area contributed by atoms with Crippen LogP contribution in [0, 0.1) is 28.1 Å². The maximum Gasteiger partial charge on any atom is 0.312 e. The van der Waals surface area contributed by atoms with Gasteiger partial charge >= 0.3 is 5.97 Å². The molecule has 3 rings (SSSR count). The number of nitrogens with two attached hydrogens (primary N) is 1. The average molecular weight is 863 g/mol. The molecule has 0 saturated heterocycles. The van der Waals surface area contributed by atoms with Crippen LogP contribution in [0.2, 0.25) is 0 Å². The Labute approximate surface area is 366 Å². The number of aliphatic carboxylic acids is 1. The second kappa shape index (κ2) is 22.2. The Morgan fingerprint density at radius 3 is 1.69 bits per heavy atom. The Bertz CT molecular complexity index is 1810. The van der Waals surface area contributed by atoms with Gasteiger partial charge in [0.05, 0.1) is 11.8 Å². The molecule has 1 fully saturated rings. The molecule has 342 valence electrons. The summed E-state index contributed by atoms with van der Waals surface area (Å²) in [5, 5.41) is 28.7. The fraction of sp³-hybridized carbons (Fsp3) is 0.596. The predicted molar refractivity (Wildman–Crippen MR) is 236 cm³/mol. The lowest BCUT2D eigenvalue weighted by atomic mass is 9.77. The Morgan fingerprint density at radius 2 is 1.27 bits per heavy atom. The zero-order valence-electron chi connectivity index (χ0n) is 38.0. The molecular weight excluding hydrogens is 793 g/mol. The zero-order valence-corrected chi connectivity index (χ0v) is 38.0. The van der Waals surface area contributed by atoms with Crippen molar-refractivity contribution in [2.75, 3.05) is 20.3 Å². The number of hydrogen-bond donors (Lipinski definition) is 6. The van der Waals surface area contributed by atoms with E-state index in [2.05, 4.69) is 16.0 Å². The molecular formula is C47H70N6O9. The molecule has 0 spiro atoms. The van der Waals surface area contributed by atoms with E-state index in [1.54, 1.807) is 41.7 Å². The van der Waals surface area contributed by atoms with E-state index in [9.17, 15) is 43.8 Å². The highest BCUT2D eigenvalue weighted by Gasteiger charge is 2.53. The lowest BCUT2D eigenvalue weighted by Gasteiger charge is -2.38. The lowest BCUT2D eigenvalue weighted by Crippen LogP contribution is -2.64. The third kappa shape index (κ3) is 14.1. The highest BCUT2D eigenvalue weighted by atomic mass is 16.4. The summed E-state index contributed by atoms with van der Waals surface area (Å²) < 4.78 is 0. The van der Waals surface area contributed by atoms with Crippen molar-refractivity contribution >= 4 is 41.4 Å². The lowest BCUT2D eigenvalue weighted by molar-refractivity contribution is -0.159. The van der Waals surface area contributed by atoms with Gasteiger partial charge in [0.1, 0.15) is 30.9 Å². The highest BCUT2D eigenvalue weighted by Crippen LogP contribution is 2.42. The van der Waals surface area contributed by atoms with Crippen LogP contribution < -0.4 is 21.7 Å². The molecule has 0 bridgehead atoms. The number of carbonyl (C=O) groups excluding carboxylic acids is 6. The molecule has 6 amide bonds. The first-order valence-corrected chi connectivity index (χ1v) is 21.6. The average Bonchev–Trinajstić information content (AvgIpc) is 3.69. The largest absolute Gasteiger partial charge is 0.481 e. The van der Waals surface area contributed by atoms with Gasteiger partial charge in [-0.1, -0.05) is 129 Å². The van der Waals surface area contributed by atoms with Crippen LogP contribution in [0.5, 0.6) is 0 Å². The van der Waals surface area contributed by atoms with Crippen LogP contribution in [-0.4, -0.2) is 106 Å². The van der Waals surface area contributed by atoms with Crippen LogP contribution in [-0.2, 0) is 46.4 Å². The van der Waals surface area contributed by atoms with E-state index >= 15 is 0 Å². The molecule has 1 aliphatic rings. The second-order valence-electron chi connectivity index (χ2n) is 19.4. The molecule has 4 unspecified atom stereocenters. The first-order valence-electron chi connectivity index (χ1n) is 21.6. The Morgan fingerprint density at radius 1 is 0.758 bits per heavy atom. The van der Waals surface area contributed by atoms with E-state index in [-0.39, 0.29) is 30.7 Å². The first-order chi connectivity index (χ1) is 28.9. The molecule has 1 saturated carbocycles. The standard InChI is InChI=1S/C47H70N6O9/c1-30(2)36(52(9)42(59)33(26-31-18-12-10-13-19-31)27-32-20-14-11-15-21-32)40(57)50-37(46(6,7)8)41(58)49-34(28-35(48)55)39(56)51-38(47(44(61)62)22-16-17-23-47)43(60)53(29-54)25-24-45(3,4)5/h10-15,18-21,30,33-34,36-38,54H,16-17,22-29H2,1-9H3,(H2,48,55)(H,49,58)(H,50,57)(H,51,56)(H,61,62). The van der Waals surface area contributed by atoms with Gasteiger partial charge in [-0.15, -0.1) is 0 Å². The summed E-state index contributed by atoms with van der Waals surface area (Å²) in [6.07, 6.45) is 1.68. The number of nitrogens with one attached hydrogen (secondary N) is 3. The molecule has 0 radical (unpaired) electrons. The smallest absolute Gasteiger partial charge is 0.312 e. The summed E-state index contributed by atoms with van der Waals surface area (Å²) in [4.78, 5) is 99.1. The van der Waals surface area contributed by atoms with E-state index in [0.717, 1.165) is 16.0 Å². The van der Waals surface area contributed by atoms with E-state index in [0.29, 0.717) is 32.1 Å². The van der Waals surface area contributed by atoms with Crippen LogP contribution in [0.1, 0.15) is 105 Å². The Kier molecular flexibility index (Phi) is 18.2. The summed E-state index contributed by atoms with van der Waals surface area (Å²) >= 11 is 0. The van der Waals surface area contributed by atoms with Crippen LogP contribution in [0.15, 0.2) is 60.7 Å². The van der Waals surface area contributed by atoms with E-state index in [1.165, 1.54) is 4.90 Å². The van der Waals surface area contributed by atoms with Gasteiger partial charge in [-0.25, -0.2) is 0 Å².